The van der Waals surface area contributed by atoms with Crippen LogP contribution in [0.4, 0.5) is 11.4 Å². The standard InChI is InChI=1S/C26H29N3O3/c1-17(2)18-4-6-20(7-5-18)29(3)21-8-9-22-19(14-21)10-13-28-24(22)16-32-25-15-27-12-11-23(25)26(30)31/h4-9,11-12,14-15,17,24,28H,10,13,16H2,1-3H3,(H,30,31)/t24-/m0/s1. The maximum Gasteiger partial charge on any atom is 0.339 e. The van der Waals surface area contributed by atoms with E-state index in [-0.39, 0.29) is 17.4 Å². The second-order valence-corrected chi connectivity index (χ2v) is 8.43. The highest BCUT2D eigenvalue weighted by atomic mass is 16.5. The van der Waals surface area contributed by atoms with Crippen LogP contribution in [0.3, 0.4) is 0 Å². The Labute approximate surface area is 188 Å². The van der Waals surface area contributed by atoms with Gasteiger partial charge in [0.25, 0.3) is 0 Å². The van der Waals surface area contributed by atoms with E-state index in [2.05, 4.69) is 78.6 Å². The molecule has 0 radical (unpaired) electrons. The first-order valence-corrected chi connectivity index (χ1v) is 10.9. The summed E-state index contributed by atoms with van der Waals surface area (Å²) in [5.41, 5.74) is 6.22. The van der Waals surface area contributed by atoms with Crippen molar-refractivity contribution in [2.24, 2.45) is 0 Å². The van der Waals surface area contributed by atoms with Crippen molar-refractivity contribution >= 4 is 17.3 Å². The van der Waals surface area contributed by atoms with E-state index >= 15 is 0 Å². The summed E-state index contributed by atoms with van der Waals surface area (Å²) in [6.07, 6.45) is 3.85. The Morgan fingerprint density at radius 1 is 1.19 bits per heavy atom. The summed E-state index contributed by atoms with van der Waals surface area (Å²) in [5, 5.41) is 12.8. The first kappa shape index (κ1) is 21.8. The largest absolute Gasteiger partial charge is 0.489 e. The van der Waals surface area contributed by atoms with Crippen LogP contribution in [-0.4, -0.2) is 36.3 Å². The maximum atomic E-state index is 11.4. The molecule has 1 aromatic heterocycles. The maximum absolute atomic E-state index is 11.4. The Bertz CT molecular complexity index is 1100. The average Bonchev–Trinajstić information content (AvgIpc) is 2.82. The molecule has 1 atom stereocenters. The molecule has 3 aromatic rings. The molecule has 4 rings (SSSR count). The van der Waals surface area contributed by atoms with Crippen molar-refractivity contribution in [1.82, 2.24) is 10.3 Å². The highest BCUT2D eigenvalue weighted by molar-refractivity contribution is 5.90. The number of rotatable bonds is 7. The number of nitrogens with one attached hydrogen (secondary N) is 1. The molecular weight excluding hydrogens is 402 g/mol. The number of carboxylic acids is 1. The van der Waals surface area contributed by atoms with Gasteiger partial charge in [0.15, 0.2) is 5.75 Å². The zero-order valence-corrected chi connectivity index (χ0v) is 18.7. The van der Waals surface area contributed by atoms with Gasteiger partial charge in [0.05, 0.1) is 12.2 Å². The van der Waals surface area contributed by atoms with Crippen LogP contribution in [-0.2, 0) is 6.42 Å². The molecule has 0 bridgehead atoms. The number of hydrogen-bond acceptors (Lipinski definition) is 5. The molecule has 1 aliphatic rings. The van der Waals surface area contributed by atoms with Crippen LogP contribution < -0.4 is 15.0 Å². The zero-order valence-electron chi connectivity index (χ0n) is 18.7. The third-order valence-corrected chi connectivity index (χ3v) is 6.04. The van der Waals surface area contributed by atoms with Gasteiger partial charge in [0.2, 0.25) is 0 Å². The summed E-state index contributed by atoms with van der Waals surface area (Å²) in [6, 6.07) is 16.7. The van der Waals surface area contributed by atoms with E-state index in [1.807, 2.05) is 0 Å². The van der Waals surface area contributed by atoms with Gasteiger partial charge < -0.3 is 20.1 Å². The van der Waals surface area contributed by atoms with Gasteiger partial charge in [-0.05, 0) is 65.9 Å². The van der Waals surface area contributed by atoms with Gasteiger partial charge in [-0.3, -0.25) is 4.98 Å². The highest BCUT2D eigenvalue weighted by Crippen LogP contribution is 2.31. The van der Waals surface area contributed by atoms with E-state index in [0.29, 0.717) is 12.5 Å². The molecule has 2 N–H and O–H groups in total. The minimum Gasteiger partial charge on any atom is -0.489 e. The van der Waals surface area contributed by atoms with Crippen molar-refractivity contribution < 1.29 is 14.6 Å². The third-order valence-electron chi connectivity index (χ3n) is 6.04. The Morgan fingerprint density at radius 3 is 2.66 bits per heavy atom. The summed E-state index contributed by atoms with van der Waals surface area (Å²) in [7, 11) is 2.09. The second-order valence-electron chi connectivity index (χ2n) is 8.43. The lowest BCUT2D eigenvalue weighted by molar-refractivity contribution is 0.0691. The number of nitrogens with zero attached hydrogens (tertiary/aromatic N) is 2. The summed E-state index contributed by atoms with van der Waals surface area (Å²) < 4.78 is 5.86. The fourth-order valence-electron chi connectivity index (χ4n) is 4.07. The van der Waals surface area contributed by atoms with Gasteiger partial charge in [-0.1, -0.05) is 32.0 Å². The summed E-state index contributed by atoms with van der Waals surface area (Å²) in [5.74, 6) is -0.216. The van der Waals surface area contributed by atoms with E-state index in [4.69, 9.17) is 4.74 Å². The van der Waals surface area contributed by atoms with Crippen LogP contribution >= 0.6 is 0 Å². The predicted molar refractivity (Wildman–Crippen MR) is 126 cm³/mol. The number of pyridine rings is 1. The number of hydrogen-bond donors (Lipinski definition) is 2. The van der Waals surface area contributed by atoms with Crippen molar-refractivity contribution in [3.8, 4) is 5.75 Å². The first-order valence-electron chi connectivity index (χ1n) is 10.9. The molecule has 0 spiro atoms. The number of carbonyl (C=O) groups is 1. The topological polar surface area (TPSA) is 74.7 Å². The number of fused-ring (bicyclic) bond motifs is 1. The van der Waals surface area contributed by atoms with Crippen molar-refractivity contribution in [2.75, 3.05) is 25.1 Å². The molecule has 166 valence electrons. The van der Waals surface area contributed by atoms with Crippen LogP contribution in [0.1, 0.15) is 52.9 Å². The van der Waals surface area contributed by atoms with Crippen molar-refractivity contribution in [1.29, 1.82) is 0 Å². The highest BCUT2D eigenvalue weighted by Gasteiger charge is 2.22. The van der Waals surface area contributed by atoms with E-state index in [1.54, 1.807) is 0 Å². The summed E-state index contributed by atoms with van der Waals surface area (Å²) in [4.78, 5) is 17.6. The normalized spacial score (nSPS) is 15.3. The van der Waals surface area contributed by atoms with Crippen LogP contribution in [0, 0.1) is 0 Å². The average molecular weight is 432 g/mol. The van der Waals surface area contributed by atoms with E-state index < -0.39 is 5.97 Å². The fourth-order valence-corrected chi connectivity index (χ4v) is 4.07. The van der Waals surface area contributed by atoms with E-state index in [0.717, 1.165) is 24.3 Å². The fraction of sp³-hybridized carbons (Fsp3) is 0.308. The quantitative estimate of drug-likeness (QED) is 0.552. The lowest BCUT2D eigenvalue weighted by Gasteiger charge is -2.29. The predicted octanol–water partition coefficient (Wildman–Crippen LogP) is 4.94. The Morgan fingerprint density at radius 2 is 1.94 bits per heavy atom. The van der Waals surface area contributed by atoms with Gasteiger partial charge in [-0.15, -0.1) is 0 Å². The smallest absolute Gasteiger partial charge is 0.339 e. The second kappa shape index (κ2) is 9.40. The van der Waals surface area contributed by atoms with E-state index in [9.17, 15) is 9.90 Å². The molecule has 0 saturated heterocycles. The summed E-state index contributed by atoms with van der Waals surface area (Å²) in [6.45, 7) is 5.58. The molecule has 0 amide bonds. The minimum atomic E-state index is -1.02. The van der Waals surface area contributed by atoms with Crippen LogP contribution in [0.5, 0.6) is 5.75 Å². The molecule has 0 aliphatic carbocycles. The lowest BCUT2D eigenvalue weighted by atomic mass is 9.94. The Balaban J connectivity index is 1.51. The molecular formula is C26H29N3O3. The zero-order chi connectivity index (χ0) is 22.7. The van der Waals surface area contributed by atoms with Gasteiger partial charge in [-0.25, -0.2) is 4.79 Å². The number of aromatic nitrogens is 1. The SMILES string of the molecule is CC(C)c1ccc(N(C)c2ccc3c(c2)CCN[C@H]3COc2cnccc2C(=O)O)cc1. The molecule has 1 aliphatic heterocycles. The molecule has 0 saturated carbocycles. The molecule has 6 heteroatoms. The van der Waals surface area contributed by atoms with Gasteiger partial charge >= 0.3 is 5.97 Å². The van der Waals surface area contributed by atoms with Gasteiger partial charge in [0, 0.05) is 24.6 Å². The Kier molecular flexibility index (Phi) is 6.42. The van der Waals surface area contributed by atoms with Crippen LogP contribution in [0.25, 0.3) is 0 Å². The van der Waals surface area contributed by atoms with Crippen LogP contribution in [0.15, 0.2) is 60.9 Å². The molecule has 2 aromatic carbocycles. The molecule has 2 heterocycles. The van der Waals surface area contributed by atoms with Gasteiger partial charge in [0.1, 0.15) is 12.2 Å². The minimum absolute atomic E-state index is 0.00900. The van der Waals surface area contributed by atoms with Crippen LogP contribution in [0.2, 0.25) is 0 Å². The van der Waals surface area contributed by atoms with E-state index in [1.165, 1.54) is 35.2 Å². The lowest BCUT2D eigenvalue weighted by Crippen LogP contribution is -2.34. The number of carboxylic acid groups (broad SMARTS) is 1. The molecule has 6 nitrogen and oxygen atoms in total. The molecule has 0 fully saturated rings. The third kappa shape index (κ3) is 4.60. The number of anilines is 2. The molecule has 32 heavy (non-hydrogen) atoms. The summed E-state index contributed by atoms with van der Waals surface area (Å²) >= 11 is 0. The van der Waals surface area contributed by atoms with Crippen molar-refractivity contribution in [3.05, 3.63) is 83.2 Å². The Hall–Kier alpha value is -3.38. The number of benzene rings is 2. The monoisotopic (exact) mass is 431 g/mol. The van der Waals surface area contributed by atoms with Crippen molar-refractivity contribution in [2.45, 2.75) is 32.2 Å². The number of aromatic carboxylic acids is 1. The molecule has 0 unspecified atom stereocenters. The van der Waals surface area contributed by atoms with Crippen molar-refractivity contribution in [3.63, 3.8) is 0 Å². The number of ether oxygens (including phenoxy) is 1. The first-order chi connectivity index (χ1) is 15.4. The van der Waals surface area contributed by atoms with Gasteiger partial charge in [-0.2, -0.15) is 0 Å².